The standard InChI is InChI=1S/C13H13NO2/c1-14(9-15)11-6-7-12-10(8-11)4-3-5-13(12)16-2/h3-9H,1-2H3. The van der Waals surface area contributed by atoms with Crippen LogP contribution in [0.5, 0.6) is 5.75 Å². The number of benzene rings is 2. The summed E-state index contributed by atoms with van der Waals surface area (Å²) in [5.74, 6) is 0.845. The van der Waals surface area contributed by atoms with Gasteiger partial charge in [0.15, 0.2) is 0 Å². The minimum absolute atomic E-state index is 0.793. The second-order valence-electron chi connectivity index (χ2n) is 3.58. The van der Waals surface area contributed by atoms with Gasteiger partial charge in [-0.3, -0.25) is 4.79 Å². The predicted octanol–water partition coefficient (Wildman–Crippen LogP) is 2.44. The third kappa shape index (κ3) is 1.72. The van der Waals surface area contributed by atoms with Gasteiger partial charge in [0.2, 0.25) is 6.41 Å². The van der Waals surface area contributed by atoms with E-state index in [0.717, 1.165) is 28.6 Å². The number of fused-ring (bicyclic) bond motifs is 1. The normalized spacial score (nSPS) is 10.1. The van der Waals surface area contributed by atoms with Gasteiger partial charge in [-0.05, 0) is 29.7 Å². The van der Waals surface area contributed by atoms with Gasteiger partial charge in [-0.1, -0.05) is 12.1 Å². The van der Waals surface area contributed by atoms with Gasteiger partial charge in [0.1, 0.15) is 5.75 Å². The van der Waals surface area contributed by atoms with Gasteiger partial charge in [0, 0.05) is 18.1 Å². The average molecular weight is 215 g/mol. The molecule has 0 bridgehead atoms. The average Bonchev–Trinajstić information content (AvgIpc) is 2.36. The predicted molar refractivity (Wildman–Crippen MR) is 65.0 cm³/mol. The maximum absolute atomic E-state index is 10.7. The molecule has 1 amide bonds. The van der Waals surface area contributed by atoms with Crippen molar-refractivity contribution >= 4 is 22.9 Å². The molecule has 2 aromatic carbocycles. The van der Waals surface area contributed by atoms with Crippen LogP contribution in [-0.2, 0) is 4.79 Å². The SMILES string of the molecule is COc1cccc2cc(N(C)C=O)ccc12. The molecule has 0 saturated heterocycles. The van der Waals surface area contributed by atoms with Crippen LogP contribution in [0.3, 0.4) is 0 Å². The molecule has 3 heteroatoms. The molecule has 16 heavy (non-hydrogen) atoms. The third-order valence-electron chi connectivity index (χ3n) is 2.61. The van der Waals surface area contributed by atoms with Crippen LogP contribution < -0.4 is 9.64 Å². The zero-order chi connectivity index (χ0) is 11.5. The Labute approximate surface area is 94.2 Å². The van der Waals surface area contributed by atoms with Gasteiger partial charge >= 0.3 is 0 Å². The van der Waals surface area contributed by atoms with Gasteiger partial charge < -0.3 is 9.64 Å². The van der Waals surface area contributed by atoms with Crippen molar-refractivity contribution in [1.82, 2.24) is 0 Å². The molecule has 2 rings (SSSR count). The van der Waals surface area contributed by atoms with Crippen molar-refractivity contribution in [3.05, 3.63) is 36.4 Å². The second-order valence-corrected chi connectivity index (χ2v) is 3.58. The second kappa shape index (κ2) is 4.23. The highest BCUT2D eigenvalue weighted by molar-refractivity contribution is 5.92. The topological polar surface area (TPSA) is 29.5 Å². The van der Waals surface area contributed by atoms with Crippen LogP contribution in [0.15, 0.2) is 36.4 Å². The van der Waals surface area contributed by atoms with E-state index in [-0.39, 0.29) is 0 Å². The molecule has 3 nitrogen and oxygen atoms in total. The van der Waals surface area contributed by atoms with E-state index < -0.39 is 0 Å². The largest absolute Gasteiger partial charge is 0.496 e. The highest BCUT2D eigenvalue weighted by Crippen LogP contribution is 2.28. The number of rotatable bonds is 3. The van der Waals surface area contributed by atoms with E-state index in [1.165, 1.54) is 0 Å². The number of hydrogen-bond acceptors (Lipinski definition) is 2. The Kier molecular flexibility index (Phi) is 2.77. The summed E-state index contributed by atoms with van der Waals surface area (Å²) in [5, 5.41) is 2.11. The van der Waals surface area contributed by atoms with Crippen molar-refractivity contribution in [3.8, 4) is 5.75 Å². The van der Waals surface area contributed by atoms with Crippen LogP contribution in [0, 0.1) is 0 Å². The van der Waals surface area contributed by atoms with E-state index in [9.17, 15) is 4.79 Å². The van der Waals surface area contributed by atoms with Crippen molar-refractivity contribution in [2.75, 3.05) is 19.1 Å². The van der Waals surface area contributed by atoms with E-state index in [4.69, 9.17) is 4.74 Å². The zero-order valence-corrected chi connectivity index (χ0v) is 9.31. The fraction of sp³-hybridized carbons (Fsp3) is 0.154. The molecule has 0 heterocycles. The molecule has 0 saturated carbocycles. The van der Waals surface area contributed by atoms with E-state index in [0.29, 0.717) is 0 Å². The number of nitrogens with zero attached hydrogens (tertiary/aromatic N) is 1. The van der Waals surface area contributed by atoms with Crippen LogP contribution in [0.1, 0.15) is 0 Å². The first-order valence-electron chi connectivity index (χ1n) is 5.01. The summed E-state index contributed by atoms with van der Waals surface area (Å²) in [5.41, 5.74) is 0.871. The minimum atomic E-state index is 0.793. The molecule has 0 fully saturated rings. The number of carbonyl (C=O) groups is 1. The summed E-state index contributed by atoms with van der Waals surface area (Å²) in [6.07, 6.45) is 0.793. The smallest absolute Gasteiger partial charge is 0.213 e. The summed E-state index contributed by atoms with van der Waals surface area (Å²) in [6, 6.07) is 11.7. The van der Waals surface area contributed by atoms with Gasteiger partial charge in [0.05, 0.1) is 7.11 Å². The molecule has 0 aliphatic heterocycles. The Morgan fingerprint density at radius 3 is 2.75 bits per heavy atom. The lowest BCUT2D eigenvalue weighted by Crippen LogP contribution is -2.13. The first-order chi connectivity index (χ1) is 7.76. The Morgan fingerprint density at radius 2 is 2.06 bits per heavy atom. The van der Waals surface area contributed by atoms with Crippen LogP contribution in [0.2, 0.25) is 0 Å². The number of anilines is 1. The maximum atomic E-state index is 10.7. The number of methoxy groups -OCH3 is 1. The van der Waals surface area contributed by atoms with Gasteiger partial charge in [-0.25, -0.2) is 0 Å². The van der Waals surface area contributed by atoms with Crippen LogP contribution in [0.4, 0.5) is 5.69 Å². The Hall–Kier alpha value is -2.03. The molecule has 0 unspecified atom stereocenters. The number of ether oxygens (including phenoxy) is 1. The Balaban J connectivity index is 2.59. The van der Waals surface area contributed by atoms with Crippen LogP contribution in [0.25, 0.3) is 10.8 Å². The Morgan fingerprint density at radius 1 is 1.25 bits per heavy atom. The molecular weight excluding hydrogens is 202 g/mol. The zero-order valence-electron chi connectivity index (χ0n) is 9.31. The van der Waals surface area contributed by atoms with Gasteiger partial charge in [-0.2, -0.15) is 0 Å². The molecule has 2 aromatic rings. The van der Waals surface area contributed by atoms with E-state index in [2.05, 4.69) is 0 Å². The fourth-order valence-corrected chi connectivity index (χ4v) is 1.70. The lowest BCUT2D eigenvalue weighted by molar-refractivity contribution is -0.107. The molecule has 82 valence electrons. The lowest BCUT2D eigenvalue weighted by atomic mass is 10.1. The quantitative estimate of drug-likeness (QED) is 0.736. The summed E-state index contributed by atoms with van der Waals surface area (Å²) in [7, 11) is 3.38. The number of amides is 1. The molecule has 0 aromatic heterocycles. The van der Waals surface area contributed by atoms with Crippen molar-refractivity contribution in [3.63, 3.8) is 0 Å². The van der Waals surface area contributed by atoms with Crippen molar-refractivity contribution in [2.24, 2.45) is 0 Å². The first kappa shape index (κ1) is 10.5. The summed E-state index contributed by atoms with van der Waals surface area (Å²) in [4.78, 5) is 12.2. The summed E-state index contributed by atoms with van der Waals surface area (Å²) < 4.78 is 5.27. The molecule has 0 N–H and O–H groups in total. The molecule has 0 aliphatic rings. The van der Waals surface area contributed by atoms with Crippen molar-refractivity contribution in [2.45, 2.75) is 0 Å². The Bertz CT molecular complexity index is 522. The number of hydrogen-bond donors (Lipinski definition) is 0. The molecule has 0 aliphatic carbocycles. The van der Waals surface area contributed by atoms with Crippen LogP contribution in [-0.4, -0.2) is 20.6 Å². The van der Waals surface area contributed by atoms with Gasteiger partial charge in [0.25, 0.3) is 0 Å². The van der Waals surface area contributed by atoms with Gasteiger partial charge in [-0.15, -0.1) is 0 Å². The number of carbonyl (C=O) groups excluding carboxylic acids is 1. The molecule has 0 radical (unpaired) electrons. The highest BCUT2D eigenvalue weighted by Gasteiger charge is 2.03. The van der Waals surface area contributed by atoms with E-state index in [1.807, 2.05) is 36.4 Å². The fourth-order valence-electron chi connectivity index (χ4n) is 1.70. The molecule has 0 atom stereocenters. The minimum Gasteiger partial charge on any atom is -0.496 e. The summed E-state index contributed by atoms with van der Waals surface area (Å²) in [6.45, 7) is 0. The monoisotopic (exact) mass is 215 g/mol. The van der Waals surface area contributed by atoms with Crippen LogP contribution >= 0.6 is 0 Å². The molecular formula is C13H13NO2. The first-order valence-corrected chi connectivity index (χ1v) is 5.01. The van der Waals surface area contributed by atoms with Crippen molar-refractivity contribution in [1.29, 1.82) is 0 Å². The maximum Gasteiger partial charge on any atom is 0.213 e. The summed E-state index contributed by atoms with van der Waals surface area (Å²) >= 11 is 0. The third-order valence-corrected chi connectivity index (χ3v) is 2.61. The molecule has 0 spiro atoms. The lowest BCUT2D eigenvalue weighted by Gasteiger charge is -2.12. The van der Waals surface area contributed by atoms with E-state index in [1.54, 1.807) is 19.1 Å². The van der Waals surface area contributed by atoms with Crippen molar-refractivity contribution < 1.29 is 9.53 Å². The highest BCUT2D eigenvalue weighted by atomic mass is 16.5. The van der Waals surface area contributed by atoms with E-state index >= 15 is 0 Å².